The van der Waals surface area contributed by atoms with Crippen molar-refractivity contribution < 1.29 is 9.53 Å². The van der Waals surface area contributed by atoms with Crippen LogP contribution in [-0.2, 0) is 11.3 Å². The molecule has 2 heterocycles. The molecule has 0 aliphatic carbocycles. The molecule has 1 aliphatic rings. The molecule has 1 aliphatic heterocycles. The molecule has 4 heteroatoms. The number of terminal acetylenes is 1. The molecule has 2 rings (SSSR count). The Bertz CT molecular complexity index is 465. The highest BCUT2D eigenvalue weighted by molar-refractivity contribution is 5.79. The molecular formula is C13H14N2O2. The Morgan fingerprint density at radius 3 is 3.18 bits per heavy atom. The number of carbonyl (C=O) groups is 1. The van der Waals surface area contributed by atoms with Crippen LogP contribution >= 0.6 is 0 Å². The standard InChI is InChI=1S/C13H14N2O2/c1-3-10-7-13(16)15(8-10)9-11-4-5-14-12(6-11)17-2/h1,4-6,10H,7-9H2,2H3. The lowest BCUT2D eigenvalue weighted by Crippen LogP contribution is -2.24. The van der Waals surface area contributed by atoms with E-state index in [0.717, 1.165) is 5.56 Å². The van der Waals surface area contributed by atoms with E-state index in [1.807, 2.05) is 12.1 Å². The van der Waals surface area contributed by atoms with Crippen molar-refractivity contribution in [2.24, 2.45) is 5.92 Å². The van der Waals surface area contributed by atoms with Gasteiger partial charge in [-0.2, -0.15) is 0 Å². The molecule has 1 unspecified atom stereocenters. The van der Waals surface area contributed by atoms with Gasteiger partial charge in [0.2, 0.25) is 11.8 Å². The second-order valence-corrected chi connectivity index (χ2v) is 4.05. The Balaban J connectivity index is 2.06. The minimum Gasteiger partial charge on any atom is -0.481 e. The van der Waals surface area contributed by atoms with E-state index in [0.29, 0.717) is 25.4 Å². The number of ether oxygens (including phenoxy) is 1. The summed E-state index contributed by atoms with van der Waals surface area (Å²) in [5.74, 6) is 3.35. The van der Waals surface area contributed by atoms with Gasteiger partial charge in [-0.05, 0) is 11.6 Å². The number of amides is 1. The van der Waals surface area contributed by atoms with Crippen LogP contribution in [0.1, 0.15) is 12.0 Å². The van der Waals surface area contributed by atoms with E-state index in [9.17, 15) is 4.79 Å². The summed E-state index contributed by atoms with van der Waals surface area (Å²) in [4.78, 5) is 17.5. The van der Waals surface area contributed by atoms with Gasteiger partial charge in [-0.3, -0.25) is 4.79 Å². The van der Waals surface area contributed by atoms with Gasteiger partial charge >= 0.3 is 0 Å². The highest BCUT2D eigenvalue weighted by atomic mass is 16.5. The van der Waals surface area contributed by atoms with Gasteiger partial charge in [0.05, 0.1) is 7.11 Å². The van der Waals surface area contributed by atoms with Crippen LogP contribution in [0.4, 0.5) is 0 Å². The van der Waals surface area contributed by atoms with Crippen molar-refractivity contribution >= 4 is 5.91 Å². The van der Waals surface area contributed by atoms with Gasteiger partial charge < -0.3 is 9.64 Å². The first-order valence-corrected chi connectivity index (χ1v) is 5.45. The number of hydrogen-bond acceptors (Lipinski definition) is 3. The maximum Gasteiger partial charge on any atom is 0.224 e. The summed E-state index contributed by atoms with van der Waals surface area (Å²) in [7, 11) is 1.57. The zero-order valence-corrected chi connectivity index (χ0v) is 9.72. The summed E-state index contributed by atoms with van der Waals surface area (Å²) in [6.07, 6.45) is 7.47. The van der Waals surface area contributed by atoms with Gasteiger partial charge in [-0.15, -0.1) is 12.3 Å². The molecule has 1 saturated heterocycles. The van der Waals surface area contributed by atoms with E-state index in [1.54, 1.807) is 18.2 Å². The van der Waals surface area contributed by atoms with Gasteiger partial charge in [-0.25, -0.2) is 4.98 Å². The average molecular weight is 230 g/mol. The third-order valence-electron chi connectivity index (χ3n) is 2.83. The number of rotatable bonds is 3. The van der Waals surface area contributed by atoms with Crippen molar-refractivity contribution in [1.29, 1.82) is 0 Å². The van der Waals surface area contributed by atoms with Crippen molar-refractivity contribution in [3.63, 3.8) is 0 Å². The van der Waals surface area contributed by atoms with Crippen molar-refractivity contribution in [3.05, 3.63) is 23.9 Å². The van der Waals surface area contributed by atoms with Crippen molar-refractivity contribution in [3.8, 4) is 18.2 Å². The molecule has 0 radical (unpaired) electrons. The smallest absolute Gasteiger partial charge is 0.224 e. The Kier molecular flexibility index (Phi) is 3.29. The number of pyridine rings is 1. The minimum absolute atomic E-state index is 0.0474. The van der Waals surface area contributed by atoms with Crippen molar-refractivity contribution in [1.82, 2.24) is 9.88 Å². The zero-order valence-electron chi connectivity index (χ0n) is 9.72. The van der Waals surface area contributed by atoms with Gasteiger partial charge in [0, 0.05) is 37.7 Å². The van der Waals surface area contributed by atoms with Crippen LogP contribution in [0.3, 0.4) is 0 Å². The fourth-order valence-corrected chi connectivity index (χ4v) is 1.92. The molecule has 0 aromatic carbocycles. The molecule has 1 atom stereocenters. The first kappa shape index (κ1) is 11.5. The second kappa shape index (κ2) is 4.88. The zero-order chi connectivity index (χ0) is 12.3. The Labute approximate surface area is 101 Å². The van der Waals surface area contributed by atoms with Gasteiger partial charge in [0.25, 0.3) is 0 Å². The third-order valence-corrected chi connectivity index (χ3v) is 2.83. The predicted molar refractivity (Wildman–Crippen MR) is 63.1 cm³/mol. The number of methoxy groups -OCH3 is 1. The Hall–Kier alpha value is -2.02. The lowest BCUT2D eigenvalue weighted by Gasteiger charge is -2.15. The predicted octanol–water partition coefficient (Wildman–Crippen LogP) is 1.07. The summed E-state index contributed by atoms with van der Waals surface area (Å²) in [6.45, 7) is 1.20. The van der Waals surface area contributed by atoms with Crippen LogP contribution in [0.25, 0.3) is 0 Å². The SMILES string of the molecule is C#CC1CC(=O)N(Cc2ccnc(OC)c2)C1. The number of hydrogen-bond donors (Lipinski definition) is 0. The molecule has 0 spiro atoms. The van der Waals surface area contributed by atoms with Crippen LogP contribution < -0.4 is 4.74 Å². The van der Waals surface area contributed by atoms with Crippen LogP contribution in [0, 0.1) is 18.3 Å². The molecular weight excluding hydrogens is 216 g/mol. The summed E-state index contributed by atoms with van der Waals surface area (Å²) in [5.41, 5.74) is 1.00. The van der Waals surface area contributed by atoms with E-state index in [1.165, 1.54) is 0 Å². The van der Waals surface area contributed by atoms with E-state index < -0.39 is 0 Å². The first-order valence-electron chi connectivity index (χ1n) is 5.45. The molecule has 1 fully saturated rings. The molecule has 0 bridgehead atoms. The molecule has 1 amide bonds. The summed E-state index contributed by atoms with van der Waals surface area (Å²) < 4.78 is 5.04. The first-order chi connectivity index (χ1) is 8.22. The molecule has 1 aromatic heterocycles. The van der Waals surface area contributed by atoms with E-state index in [-0.39, 0.29) is 11.8 Å². The van der Waals surface area contributed by atoms with Crippen LogP contribution in [0.5, 0.6) is 5.88 Å². The lowest BCUT2D eigenvalue weighted by atomic mass is 10.1. The van der Waals surface area contributed by atoms with E-state index in [4.69, 9.17) is 11.2 Å². The number of aromatic nitrogens is 1. The second-order valence-electron chi connectivity index (χ2n) is 4.05. The van der Waals surface area contributed by atoms with E-state index >= 15 is 0 Å². The summed E-state index contributed by atoms with van der Waals surface area (Å²) in [5, 5.41) is 0. The summed E-state index contributed by atoms with van der Waals surface area (Å²) >= 11 is 0. The van der Waals surface area contributed by atoms with Crippen molar-refractivity contribution in [2.45, 2.75) is 13.0 Å². The van der Waals surface area contributed by atoms with Crippen LogP contribution in [0.15, 0.2) is 18.3 Å². The minimum atomic E-state index is 0.0474. The van der Waals surface area contributed by atoms with Crippen molar-refractivity contribution in [2.75, 3.05) is 13.7 Å². The quantitative estimate of drug-likeness (QED) is 0.729. The number of carbonyl (C=O) groups excluding carboxylic acids is 1. The number of nitrogens with zero attached hydrogens (tertiary/aromatic N) is 2. The molecule has 1 aromatic rings. The lowest BCUT2D eigenvalue weighted by molar-refractivity contribution is -0.128. The molecule has 88 valence electrons. The fraction of sp³-hybridized carbons (Fsp3) is 0.385. The Morgan fingerprint density at radius 1 is 1.71 bits per heavy atom. The fourth-order valence-electron chi connectivity index (χ4n) is 1.92. The van der Waals surface area contributed by atoms with Gasteiger partial charge in [0.15, 0.2) is 0 Å². The topological polar surface area (TPSA) is 42.4 Å². The number of likely N-dealkylation sites (tertiary alicyclic amines) is 1. The molecule has 17 heavy (non-hydrogen) atoms. The largest absolute Gasteiger partial charge is 0.481 e. The van der Waals surface area contributed by atoms with Crippen LogP contribution in [-0.4, -0.2) is 29.4 Å². The third kappa shape index (κ3) is 2.56. The van der Waals surface area contributed by atoms with Gasteiger partial charge in [0.1, 0.15) is 0 Å². The van der Waals surface area contributed by atoms with Crippen LogP contribution in [0.2, 0.25) is 0 Å². The molecule has 4 nitrogen and oxygen atoms in total. The normalized spacial score (nSPS) is 19.2. The maximum absolute atomic E-state index is 11.7. The highest BCUT2D eigenvalue weighted by Gasteiger charge is 2.28. The Morgan fingerprint density at radius 2 is 2.53 bits per heavy atom. The molecule has 0 saturated carbocycles. The van der Waals surface area contributed by atoms with Gasteiger partial charge in [-0.1, -0.05) is 0 Å². The molecule has 0 N–H and O–H groups in total. The average Bonchev–Trinajstić information content (AvgIpc) is 2.70. The monoisotopic (exact) mass is 230 g/mol. The maximum atomic E-state index is 11.7. The van der Waals surface area contributed by atoms with E-state index in [2.05, 4.69) is 10.9 Å². The highest BCUT2D eigenvalue weighted by Crippen LogP contribution is 2.20. The summed E-state index contributed by atoms with van der Waals surface area (Å²) in [6, 6.07) is 3.70.